The Balaban J connectivity index is 2.00. The van der Waals surface area contributed by atoms with E-state index in [9.17, 15) is 19.1 Å². The van der Waals surface area contributed by atoms with Crippen molar-refractivity contribution in [3.63, 3.8) is 0 Å². The van der Waals surface area contributed by atoms with Gasteiger partial charge in [0.2, 0.25) is 5.43 Å². The molecule has 1 aliphatic heterocycles. The van der Waals surface area contributed by atoms with Crippen molar-refractivity contribution < 1.29 is 18.7 Å². The lowest BCUT2D eigenvalue weighted by Crippen LogP contribution is -2.44. The van der Waals surface area contributed by atoms with Gasteiger partial charge in [0.05, 0.1) is 10.9 Å². The first-order valence-corrected chi connectivity index (χ1v) is 9.73. The van der Waals surface area contributed by atoms with Crippen molar-refractivity contribution in [1.82, 2.24) is 9.88 Å². The molecule has 156 valence electrons. The summed E-state index contributed by atoms with van der Waals surface area (Å²) in [7, 11) is 0. The molecule has 0 unspecified atom stereocenters. The van der Waals surface area contributed by atoms with E-state index in [0.717, 1.165) is 12.3 Å². The van der Waals surface area contributed by atoms with Crippen molar-refractivity contribution in [2.75, 3.05) is 31.1 Å². The minimum Gasteiger partial charge on any atom is -0.477 e. The lowest BCUT2D eigenvalue weighted by atomic mass is 10.1. The van der Waals surface area contributed by atoms with Gasteiger partial charge in [0, 0.05) is 43.9 Å². The topological polar surface area (TPSA) is 74.6 Å². The number of carbonyl (C=O) groups is 1. The van der Waals surface area contributed by atoms with Gasteiger partial charge in [-0.2, -0.15) is 0 Å². The van der Waals surface area contributed by atoms with Gasteiger partial charge in [-0.25, -0.2) is 13.6 Å². The van der Waals surface area contributed by atoms with Crippen LogP contribution in [0.15, 0.2) is 41.3 Å². The van der Waals surface area contributed by atoms with Crippen LogP contribution in [0.3, 0.4) is 0 Å². The Bertz CT molecular complexity index is 1210. The van der Waals surface area contributed by atoms with E-state index >= 15 is 4.39 Å². The van der Waals surface area contributed by atoms with Gasteiger partial charge in [-0.1, -0.05) is 29.8 Å². The maximum absolute atomic E-state index is 15.6. The molecule has 0 bridgehead atoms. The number of anilines is 1. The summed E-state index contributed by atoms with van der Waals surface area (Å²) in [6, 6.07) is 7.77. The average Bonchev–Trinajstić information content (AvgIpc) is 2.72. The first-order valence-electron chi connectivity index (χ1n) is 9.36. The Morgan fingerprint density at radius 3 is 2.57 bits per heavy atom. The molecule has 0 saturated carbocycles. The molecule has 6 nitrogen and oxygen atoms in total. The molecule has 0 aliphatic carbocycles. The van der Waals surface area contributed by atoms with E-state index in [1.807, 2.05) is 0 Å². The van der Waals surface area contributed by atoms with Crippen molar-refractivity contribution >= 4 is 34.2 Å². The first kappa shape index (κ1) is 20.3. The molecule has 0 amide bonds. The van der Waals surface area contributed by atoms with Crippen molar-refractivity contribution in [3.8, 4) is 0 Å². The summed E-state index contributed by atoms with van der Waals surface area (Å²) in [4.78, 5) is 25.8. The van der Waals surface area contributed by atoms with Gasteiger partial charge < -0.3 is 19.9 Å². The van der Waals surface area contributed by atoms with Gasteiger partial charge in [-0.05, 0) is 17.7 Å². The predicted molar refractivity (Wildman–Crippen MR) is 111 cm³/mol. The SMILES string of the molecule is O=C(O)c1cn(Cc2ccccc2Cl)c2c(F)c(N3CCNCC3)c(F)cc2c1=O. The summed E-state index contributed by atoms with van der Waals surface area (Å²) >= 11 is 6.22. The maximum atomic E-state index is 15.6. The number of carboxylic acid groups (broad SMARTS) is 1. The summed E-state index contributed by atoms with van der Waals surface area (Å²) in [5.41, 5.74) is -1.27. The molecule has 2 heterocycles. The van der Waals surface area contributed by atoms with Crippen LogP contribution in [-0.2, 0) is 6.54 Å². The van der Waals surface area contributed by atoms with Crippen molar-refractivity contribution in [2.24, 2.45) is 0 Å². The van der Waals surface area contributed by atoms with E-state index in [-0.39, 0.29) is 23.1 Å². The van der Waals surface area contributed by atoms with Crippen LogP contribution in [0.2, 0.25) is 5.02 Å². The lowest BCUT2D eigenvalue weighted by molar-refractivity contribution is 0.0695. The van der Waals surface area contributed by atoms with E-state index in [1.54, 1.807) is 29.2 Å². The molecule has 3 aromatic rings. The maximum Gasteiger partial charge on any atom is 0.341 e. The largest absolute Gasteiger partial charge is 0.477 e. The minimum atomic E-state index is -1.47. The van der Waals surface area contributed by atoms with Crippen LogP contribution >= 0.6 is 11.6 Å². The fourth-order valence-electron chi connectivity index (χ4n) is 3.74. The molecule has 2 aromatic carbocycles. The van der Waals surface area contributed by atoms with Gasteiger partial charge in [-0.15, -0.1) is 0 Å². The van der Waals surface area contributed by atoms with Gasteiger partial charge in [0.25, 0.3) is 0 Å². The van der Waals surface area contributed by atoms with E-state index in [2.05, 4.69) is 5.32 Å². The first-order chi connectivity index (χ1) is 14.4. The number of nitrogens with zero attached hydrogens (tertiary/aromatic N) is 2. The van der Waals surface area contributed by atoms with E-state index in [4.69, 9.17) is 11.6 Å². The van der Waals surface area contributed by atoms with Crippen LogP contribution in [0.1, 0.15) is 15.9 Å². The third-order valence-corrected chi connectivity index (χ3v) is 5.56. The molecule has 1 aromatic heterocycles. The fraction of sp³-hybridized carbons (Fsp3) is 0.238. The Labute approximate surface area is 175 Å². The monoisotopic (exact) mass is 433 g/mol. The number of nitrogens with one attached hydrogen (secondary N) is 1. The highest BCUT2D eigenvalue weighted by Gasteiger charge is 2.26. The fourth-order valence-corrected chi connectivity index (χ4v) is 3.94. The van der Waals surface area contributed by atoms with Gasteiger partial charge in [0.15, 0.2) is 5.82 Å². The summed E-state index contributed by atoms with van der Waals surface area (Å²) in [6.45, 7) is 1.96. The molecular formula is C21H18ClF2N3O3. The normalized spacial score (nSPS) is 14.3. The molecule has 1 aliphatic rings. The zero-order chi connectivity index (χ0) is 21.4. The zero-order valence-electron chi connectivity index (χ0n) is 15.8. The van der Waals surface area contributed by atoms with Crippen molar-refractivity contribution in [2.45, 2.75) is 6.54 Å². The van der Waals surface area contributed by atoms with E-state index < -0.39 is 28.6 Å². The number of carboxylic acids is 1. The number of piperazine rings is 1. The quantitative estimate of drug-likeness (QED) is 0.661. The summed E-state index contributed by atoms with van der Waals surface area (Å²) in [5.74, 6) is -3.26. The number of fused-ring (bicyclic) bond motifs is 1. The molecule has 1 saturated heterocycles. The Morgan fingerprint density at radius 2 is 1.90 bits per heavy atom. The second kappa shape index (κ2) is 8.04. The number of hydrogen-bond acceptors (Lipinski definition) is 4. The Hall–Kier alpha value is -2.97. The standard InChI is InChI=1S/C21H18ClF2N3O3/c22-15-4-2-1-3-12(15)10-27-11-14(21(29)30)20(28)13-9-16(23)19(17(24)18(13)27)26-7-5-25-6-8-26/h1-4,9,11,25H,5-8,10H2,(H,29,30). The van der Waals surface area contributed by atoms with Crippen LogP contribution < -0.4 is 15.6 Å². The molecule has 9 heteroatoms. The van der Waals surface area contributed by atoms with Crippen LogP contribution in [0.4, 0.5) is 14.5 Å². The van der Waals surface area contributed by atoms with Crippen molar-refractivity contribution in [3.05, 3.63) is 74.5 Å². The summed E-state index contributed by atoms with van der Waals surface area (Å²) in [6.07, 6.45) is 1.08. The van der Waals surface area contributed by atoms with Crippen LogP contribution in [0, 0.1) is 11.6 Å². The van der Waals surface area contributed by atoms with Gasteiger partial charge in [0.1, 0.15) is 17.1 Å². The predicted octanol–water partition coefficient (Wildman–Crippen LogP) is 3.09. The molecule has 4 rings (SSSR count). The second-order valence-electron chi connectivity index (χ2n) is 7.05. The van der Waals surface area contributed by atoms with E-state index in [1.165, 1.54) is 4.57 Å². The third-order valence-electron chi connectivity index (χ3n) is 5.19. The smallest absolute Gasteiger partial charge is 0.341 e. The van der Waals surface area contributed by atoms with Crippen LogP contribution in [0.25, 0.3) is 10.9 Å². The molecule has 0 radical (unpaired) electrons. The number of hydrogen-bond donors (Lipinski definition) is 2. The molecular weight excluding hydrogens is 416 g/mol. The summed E-state index contributed by atoms with van der Waals surface area (Å²) in [5, 5.41) is 12.6. The number of aromatic nitrogens is 1. The van der Waals surface area contributed by atoms with E-state index in [0.29, 0.717) is 36.8 Å². The van der Waals surface area contributed by atoms with Crippen LogP contribution in [-0.4, -0.2) is 41.8 Å². The van der Waals surface area contributed by atoms with Gasteiger partial charge in [-0.3, -0.25) is 4.79 Å². The number of halogens is 3. The van der Waals surface area contributed by atoms with Gasteiger partial charge >= 0.3 is 5.97 Å². The Morgan fingerprint density at radius 1 is 1.20 bits per heavy atom. The zero-order valence-corrected chi connectivity index (χ0v) is 16.5. The summed E-state index contributed by atoms with van der Waals surface area (Å²) < 4.78 is 31.8. The number of pyridine rings is 1. The minimum absolute atomic E-state index is 0.0142. The number of aromatic carboxylic acids is 1. The lowest BCUT2D eigenvalue weighted by Gasteiger charge is -2.30. The van der Waals surface area contributed by atoms with Crippen molar-refractivity contribution in [1.29, 1.82) is 0 Å². The molecule has 0 atom stereocenters. The second-order valence-corrected chi connectivity index (χ2v) is 7.46. The molecule has 0 spiro atoms. The third kappa shape index (κ3) is 3.53. The molecule has 1 fully saturated rings. The number of benzene rings is 2. The highest BCUT2D eigenvalue weighted by Crippen LogP contribution is 2.31. The molecule has 30 heavy (non-hydrogen) atoms. The Kier molecular flexibility index (Phi) is 5.44. The number of rotatable bonds is 4. The average molecular weight is 434 g/mol. The van der Waals surface area contributed by atoms with Crippen LogP contribution in [0.5, 0.6) is 0 Å². The highest BCUT2D eigenvalue weighted by molar-refractivity contribution is 6.31. The highest BCUT2D eigenvalue weighted by atomic mass is 35.5. The molecule has 2 N–H and O–H groups in total.